The van der Waals surface area contributed by atoms with Crippen molar-refractivity contribution in [1.29, 1.82) is 0 Å². The first kappa shape index (κ1) is 16.4. The van der Waals surface area contributed by atoms with E-state index in [9.17, 15) is 22.0 Å². The van der Waals surface area contributed by atoms with Crippen molar-refractivity contribution in [2.45, 2.75) is 17.6 Å². The molecule has 3 aromatic rings. The molecule has 0 N–H and O–H groups in total. The summed E-state index contributed by atoms with van der Waals surface area (Å²) in [5.74, 6) is -2.85. The number of rotatable bonds is 3. The van der Waals surface area contributed by atoms with Gasteiger partial charge in [0, 0.05) is 13.1 Å². The Morgan fingerprint density at radius 1 is 1.08 bits per heavy atom. The van der Waals surface area contributed by atoms with Crippen LogP contribution in [0.15, 0.2) is 44.4 Å². The van der Waals surface area contributed by atoms with Gasteiger partial charge in [0.25, 0.3) is 0 Å². The molecule has 0 spiro atoms. The molecule has 0 aliphatic heterocycles. The molecule has 5 nitrogen and oxygen atoms in total. The van der Waals surface area contributed by atoms with Crippen molar-refractivity contribution >= 4 is 20.9 Å². The molecule has 0 saturated carbocycles. The largest absolute Gasteiger partial charge is 0.419 e. The third-order valence-electron chi connectivity index (χ3n) is 3.70. The molecule has 0 bridgehead atoms. The monoisotopic (exact) mass is 353 g/mol. The van der Waals surface area contributed by atoms with E-state index in [2.05, 4.69) is 0 Å². The Hall–Kier alpha value is -2.48. The van der Waals surface area contributed by atoms with Crippen LogP contribution in [0.1, 0.15) is 11.1 Å². The third kappa shape index (κ3) is 2.84. The van der Waals surface area contributed by atoms with Crippen molar-refractivity contribution in [1.82, 2.24) is 4.57 Å². The fraction of sp³-hybridized carbons (Fsp3) is 0.188. The summed E-state index contributed by atoms with van der Waals surface area (Å²) in [6.07, 6.45) is 0. The number of sulfone groups is 1. The second kappa shape index (κ2) is 5.55. The Morgan fingerprint density at radius 2 is 1.71 bits per heavy atom. The summed E-state index contributed by atoms with van der Waals surface area (Å²) in [5, 5.41) is 0. The van der Waals surface area contributed by atoms with Crippen LogP contribution >= 0.6 is 0 Å². The summed E-state index contributed by atoms with van der Waals surface area (Å²) in [4.78, 5) is 11.5. The lowest BCUT2D eigenvalue weighted by Crippen LogP contribution is -2.10. The zero-order chi connectivity index (χ0) is 17.6. The molecule has 126 valence electrons. The molecule has 1 heterocycles. The zero-order valence-electron chi connectivity index (χ0n) is 12.8. The molecule has 0 fully saturated rings. The Bertz CT molecular complexity index is 1090. The van der Waals surface area contributed by atoms with E-state index < -0.39 is 33.0 Å². The van der Waals surface area contributed by atoms with E-state index in [1.807, 2.05) is 0 Å². The molecule has 0 aliphatic rings. The highest BCUT2D eigenvalue weighted by Crippen LogP contribution is 2.25. The topological polar surface area (TPSA) is 69.3 Å². The van der Waals surface area contributed by atoms with Crippen molar-refractivity contribution < 1.29 is 21.6 Å². The van der Waals surface area contributed by atoms with Gasteiger partial charge in [0.05, 0.1) is 16.2 Å². The standard InChI is InChI=1S/C16H13F2NO4S/c1-9-3-14-13(19(2)16(20)23-14)7-15(9)24(21,22)8-10-4-11(17)6-12(18)5-10/h3-7H,8H2,1-2H3. The van der Waals surface area contributed by atoms with Crippen LogP contribution in [0.5, 0.6) is 0 Å². The molecule has 2 aromatic carbocycles. The number of fused-ring (bicyclic) bond motifs is 1. The van der Waals surface area contributed by atoms with Crippen molar-refractivity contribution in [2.75, 3.05) is 0 Å². The average molecular weight is 353 g/mol. The van der Waals surface area contributed by atoms with Crippen molar-refractivity contribution in [2.24, 2.45) is 7.05 Å². The third-order valence-corrected chi connectivity index (χ3v) is 5.53. The number of hydrogen-bond acceptors (Lipinski definition) is 4. The Balaban J connectivity index is 2.12. The molecule has 24 heavy (non-hydrogen) atoms. The van der Waals surface area contributed by atoms with Crippen LogP contribution in [0.25, 0.3) is 11.1 Å². The average Bonchev–Trinajstić information content (AvgIpc) is 2.70. The van der Waals surface area contributed by atoms with Gasteiger partial charge in [0.1, 0.15) is 11.6 Å². The summed E-state index contributed by atoms with van der Waals surface area (Å²) in [6.45, 7) is 1.56. The van der Waals surface area contributed by atoms with E-state index >= 15 is 0 Å². The Kier molecular flexibility index (Phi) is 3.79. The van der Waals surface area contributed by atoms with E-state index in [-0.39, 0.29) is 16.0 Å². The van der Waals surface area contributed by atoms with Crippen LogP contribution in [0.4, 0.5) is 8.78 Å². The second-order valence-electron chi connectivity index (χ2n) is 5.55. The van der Waals surface area contributed by atoms with Crippen LogP contribution in [0, 0.1) is 18.6 Å². The predicted molar refractivity (Wildman–Crippen MR) is 83.4 cm³/mol. The highest BCUT2D eigenvalue weighted by molar-refractivity contribution is 7.90. The van der Waals surface area contributed by atoms with Gasteiger partial charge in [-0.1, -0.05) is 0 Å². The number of aryl methyl sites for hydroxylation is 2. The van der Waals surface area contributed by atoms with Gasteiger partial charge >= 0.3 is 5.76 Å². The van der Waals surface area contributed by atoms with Gasteiger partial charge < -0.3 is 4.42 Å². The molecule has 0 unspecified atom stereocenters. The van der Waals surface area contributed by atoms with Gasteiger partial charge in [-0.15, -0.1) is 0 Å². The van der Waals surface area contributed by atoms with Crippen LogP contribution in [-0.4, -0.2) is 13.0 Å². The fourth-order valence-corrected chi connectivity index (χ4v) is 4.18. The molecule has 0 radical (unpaired) electrons. The van der Waals surface area contributed by atoms with Crippen LogP contribution in [0.2, 0.25) is 0 Å². The molecule has 0 saturated heterocycles. The van der Waals surface area contributed by atoms with Crippen LogP contribution < -0.4 is 5.76 Å². The zero-order valence-corrected chi connectivity index (χ0v) is 13.7. The van der Waals surface area contributed by atoms with Gasteiger partial charge in [-0.05, 0) is 42.3 Å². The maximum Gasteiger partial charge on any atom is 0.419 e. The first-order chi connectivity index (χ1) is 11.2. The minimum absolute atomic E-state index is 0.00748. The maximum absolute atomic E-state index is 13.3. The highest BCUT2D eigenvalue weighted by atomic mass is 32.2. The lowest BCUT2D eigenvalue weighted by molar-refractivity contribution is 0.528. The summed E-state index contributed by atoms with van der Waals surface area (Å²) in [7, 11) is -2.41. The van der Waals surface area contributed by atoms with Crippen molar-refractivity contribution in [3.63, 3.8) is 0 Å². The van der Waals surface area contributed by atoms with Crippen LogP contribution in [-0.2, 0) is 22.6 Å². The molecule has 0 aliphatic carbocycles. The fourth-order valence-electron chi connectivity index (χ4n) is 2.58. The Labute approximate surface area is 136 Å². The summed E-state index contributed by atoms with van der Waals surface area (Å²) in [6, 6.07) is 5.41. The Morgan fingerprint density at radius 3 is 2.33 bits per heavy atom. The van der Waals surface area contributed by atoms with Gasteiger partial charge in [-0.2, -0.15) is 0 Å². The van der Waals surface area contributed by atoms with Gasteiger partial charge in [-0.25, -0.2) is 22.0 Å². The number of nitrogens with zero attached hydrogens (tertiary/aromatic N) is 1. The highest BCUT2D eigenvalue weighted by Gasteiger charge is 2.21. The number of halogens is 2. The summed E-state index contributed by atoms with van der Waals surface area (Å²) in [5.41, 5.74) is 0.993. The van der Waals surface area contributed by atoms with Gasteiger partial charge in [0.15, 0.2) is 15.4 Å². The summed E-state index contributed by atoms with van der Waals surface area (Å²) >= 11 is 0. The quantitative estimate of drug-likeness (QED) is 0.726. The molecule has 3 rings (SSSR count). The number of hydrogen-bond donors (Lipinski definition) is 0. The van der Waals surface area contributed by atoms with Crippen molar-refractivity contribution in [3.8, 4) is 0 Å². The molecule has 8 heteroatoms. The van der Waals surface area contributed by atoms with E-state index in [0.29, 0.717) is 17.1 Å². The minimum atomic E-state index is -3.87. The summed E-state index contributed by atoms with van der Waals surface area (Å²) < 4.78 is 58.0. The van der Waals surface area contributed by atoms with Crippen molar-refractivity contribution in [3.05, 3.63) is 63.6 Å². The molecule has 1 aromatic heterocycles. The molecular formula is C16H13F2NO4S. The minimum Gasteiger partial charge on any atom is -0.408 e. The van der Waals surface area contributed by atoms with E-state index in [1.54, 1.807) is 6.92 Å². The number of benzene rings is 2. The smallest absolute Gasteiger partial charge is 0.408 e. The SMILES string of the molecule is Cc1cc2oc(=O)n(C)c2cc1S(=O)(=O)Cc1cc(F)cc(F)c1. The molecule has 0 amide bonds. The van der Waals surface area contributed by atoms with E-state index in [4.69, 9.17) is 4.42 Å². The van der Waals surface area contributed by atoms with Gasteiger partial charge in [-0.3, -0.25) is 4.57 Å². The lowest BCUT2D eigenvalue weighted by atomic mass is 10.2. The van der Waals surface area contributed by atoms with Crippen LogP contribution in [0.3, 0.4) is 0 Å². The first-order valence-electron chi connectivity index (χ1n) is 6.95. The second-order valence-corrected chi connectivity index (χ2v) is 7.51. The molecular weight excluding hydrogens is 340 g/mol. The van der Waals surface area contributed by atoms with Gasteiger partial charge in [0.2, 0.25) is 0 Å². The normalized spacial score (nSPS) is 12.0. The first-order valence-corrected chi connectivity index (χ1v) is 8.60. The maximum atomic E-state index is 13.3. The van der Waals surface area contributed by atoms with E-state index in [0.717, 1.165) is 12.1 Å². The molecule has 0 atom stereocenters. The number of aromatic nitrogens is 1. The van der Waals surface area contributed by atoms with E-state index in [1.165, 1.54) is 23.7 Å². The number of oxazole rings is 1. The lowest BCUT2D eigenvalue weighted by Gasteiger charge is -2.09. The predicted octanol–water partition coefficient (Wildman–Crippen LogP) is 2.69.